The number of morpholine rings is 1. The van der Waals surface area contributed by atoms with E-state index in [-0.39, 0.29) is 58.2 Å². The molecule has 1 saturated carbocycles. The molecule has 228 valence electrons. The van der Waals surface area contributed by atoms with Crippen LogP contribution in [0.15, 0.2) is 28.8 Å². The summed E-state index contributed by atoms with van der Waals surface area (Å²) in [6.45, 7) is 7.07. The van der Waals surface area contributed by atoms with Gasteiger partial charge in [0.25, 0.3) is 11.8 Å². The minimum atomic E-state index is -4.91. The third kappa shape index (κ3) is 4.76. The zero-order chi connectivity index (χ0) is 31.2. The Bertz CT molecular complexity index is 1910. The van der Waals surface area contributed by atoms with Gasteiger partial charge in [0.1, 0.15) is 5.76 Å². The van der Waals surface area contributed by atoms with Gasteiger partial charge in [0.15, 0.2) is 0 Å². The number of aromatic nitrogens is 2. The first-order valence-corrected chi connectivity index (χ1v) is 15.3. The average molecular weight is 619 g/mol. The molecular formula is C29H29F3N4O6S. The van der Waals surface area contributed by atoms with Crippen LogP contribution in [0, 0.1) is 13.8 Å². The summed E-state index contributed by atoms with van der Waals surface area (Å²) in [5, 5.41) is 3.16. The quantitative estimate of drug-likeness (QED) is 0.340. The van der Waals surface area contributed by atoms with Crippen molar-refractivity contribution in [3.05, 3.63) is 52.4 Å². The molecule has 2 aromatic heterocycles. The Labute approximate surface area is 244 Å². The van der Waals surface area contributed by atoms with E-state index in [0.717, 1.165) is 16.1 Å². The Balaban J connectivity index is 1.79. The molecule has 1 aliphatic carbocycles. The van der Waals surface area contributed by atoms with Crippen LogP contribution in [0.25, 0.3) is 32.9 Å². The zero-order valence-corrected chi connectivity index (χ0v) is 24.6. The molecule has 1 aliphatic heterocycles. The number of fused-ring (bicyclic) bond motifs is 3. The molecule has 2 unspecified atom stereocenters. The van der Waals surface area contributed by atoms with E-state index in [1.165, 1.54) is 11.0 Å². The van der Waals surface area contributed by atoms with Crippen molar-refractivity contribution in [3.8, 4) is 11.1 Å². The maximum absolute atomic E-state index is 14.3. The molecule has 2 atom stereocenters. The van der Waals surface area contributed by atoms with Crippen molar-refractivity contribution in [3.63, 3.8) is 0 Å². The second-order valence-electron chi connectivity index (χ2n) is 11.4. The number of hydrogen-bond donors (Lipinski definition) is 1. The molecule has 2 amide bonds. The number of nitrogens with two attached hydrogens (primary N) is 1. The number of benzene rings is 2. The summed E-state index contributed by atoms with van der Waals surface area (Å²) in [6, 6.07) is 4.39. The summed E-state index contributed by atoms with van der Waals surface area (Å²) >= 11 is 0. The summed E-state index contributed by atoms with van der Waals surface area (Å²) in [6.07, 6.45) is -5.05. The van der Waals surface area contributed by atoms with E-state index < -0.39 is 38.8 Å². The summed E-state index contributed by atoms with van der Waals surface area (Å²) in [4.78, 5) is 28.4. The highest BCUT2D eigenvalue weighted by atomic mass is 32.2. The molecule has 6 rings (SSSR count). The minimum Gasteiger partial charge on any atom is -0.372 e. The van der Waals surface area contributed by atoms with Gasteiger partial charge >= 0.3 is 6.18 Å². The first-order chi connectivity index (χ1) is 20.1. The van der Waals surface area contributed by atoms with E-state index in [1.54, 1.807) is 33.8 Å². The molecule has 0 spiro atoms. The number of amides is 2. The number of hydrogen-bond acceptors (Lipinski definition) is 7. The van der Waals surface area contributed by atoms with Crippen LogP contribution in [0.2, 0.25) is 0 Å². The van der Waals surface area contributed by atoms with E-state index in [0.29, 0.717) is 35.4 Å². The van der Waals surface area contributed by atoms with Gasteiger partial charge in [0.05, 0.1) is 50.9 Å². The van der Waals surface area contributed by atoms with Crippen molar-refractivity contribution in [1.29, 1.82) is 0 Å². The van der Waals surface area contributed by atoms with Crippen LogP contribution in [0.5, 0.6) is 0 Å². The Morgan fingerprint density at radius 1 is 1.02 bits per heavy atom. The van der Waals surface area contributed by atoms with Crippen molar-refractivity contribution in [2.75, 3.05) is 13.1 Å². The zero-order valence-electron chi connectivity index (χ0n) is 23.8. The van der Waals surface area contributed by atoms with E-state index >= 15 is 0 Å². The standard InChI is InChI=1S/C29H29F3N4O6S/c1-13-11-35(12-14(2)41-13)28(38)21-9-18(29(30,31)32)10-23-25(21)20-7-17(24-15(3)34-42-16(24)4)8-22(27(33)37)26(20)36(23)43(39,40)19-5-6-19/h7-10,13-14,19H,5-6,11-12H2,1-4H3,(H2,33,37). The van der Waals surface area contributed by atoms with Gasteiger partial charge < -0.3 is 19.9 Å². The van der Waals surface area contributed by atoms with Crippen molar-refractivity contribution >= 4 is 43.6 Å². The molecule has 2 fully saturated rings. The van der Waals surface area contributed by atoms with Crippen LogP contribution < -0.4 is 5.73 Å². The summed E-state index contributed by atoms with van der Waals surface area (Å²) in [7, 11) is -4.30. The molecule has 2 aliphatic rings. The highest BCUT2D eigenvalue weighted by molar-refractivity contribution is 7.91. The van der Waals surface area contributed by atoms with Crippen LogP contribution >= 0.6 is 0 Å². The summed E-state index contributed by atoms with van der Waals surface area (Å²) in [5.74, 6) is -1.31. The van der Waals surface area contributed by atoms with Crippen molar-refractivity contribution in [2.45, 2.75) is 64.2 Å². The van der Waals surface area contributed by atoms with E-state index in [1.807, 2.05) is 0 Å². The number of nitrogens with zero attached hydrogens (tertiary/aromatic N) is 3. The number of ether oxygens (including phenoxy) is 1. The number of primary amides is 1. The highest BCUT2D eigenvalue weighted by Gasteiger charge is 2.42. The Kier molecular flexibility index (Phi) is 6.65. The van der Waals surface area contributed by atoms with Crippen LogP contribution in [0.4, 0.5) is 13.2 Å². The largest absolute Gasteiger partial charge is 0.416 e. The molecule has 2 aromatic carbocycles. The Morgan fingerprint density at radius 2 is 1.67 bits per heavy atom. The Morgan fingerprint density at radius 3 is 2.21 bits per heavy atom. The van der Waals surface area contributed by atoms with Crippen LogP contribution in [0.3, 0.4) is 0 Å². The molecule has 4 aromatic rings. The van der Waals surface area contributed by atoms with Crippen LogP contribution in [-0.2, 0) is 20.9 Å². The molecule has 14 heteroatoms. The van der Waals surface area contributed by atoms with E-state index in [4.69, 9.17) is 15.0 Å². The monoisotopic (exact) mass is 618 g/mol. The molecule has 2 N–H and O–H groups in total. The second-order valence-corrected chi connectivity index (χ2v) is 13.4. The fourth-order valence-corrected chi connectivity index (χ4v) is 7.99. The molecule has 1 saturated heterocycles. The van der Waals surface area contributed by atoms with Gasteiger partial charge in [-0.15, -0.1) is 0 Å². The minimum absolute atomic E-state index is 0.0277. The van der Waals surface area contributed by atoms with Gasteiger partial charge in [0, 0.05) is 29.4 Å². The predicted octanol–water partition coefficient (Wildman–Crippen LogP) is 4.77. The Hall–Kier alpha value is -3.91. The molecule has 3 heterocycles. The molecular weight excluding hydrogens is 589 g/mol. The number of carbonyl (C=O) groups is 2. The lowest BCUT2D eigenvalue weighted by Gasteiger charge is -2.35. The molecule has 0 radical (unpaired) electrons. The summed E-state index contributed by atoms with van der Waals surface area (Å²) in [5.41, 5.74) is 4.85. The van der Waals surface area contributed by atoms with Gasteiger partial charge in [-0.2, -0.15) is 13.2 Å². The van der Waals surface area contributed by atoms with Crippen LogP contribution in [-0.4, -0.2) is 64.8 Å². The number of aryl methyl sites for hydroxylation is 2. The first kappa shape index (κ1) is 29.2. The lowest BCUT2D eigenvalue weighted by atomic mass is 9.95. The smallest absolute Gasteiger partial charge is 0.372 e. The topological polar surface area (TPSA) is 138 Å². The third-order valence-corrected chi connectivity index (χ3v) is 10.2. The van der Waals surface area contributed by atoms with E-state index in [2.05, 4.69) is 5.16 Å². The molecule has 43 heavy (non-hydrogen) atoms. The van der Waals surface area contributed by atoms with Gasteiger partial charge in [-0.3, -0.25) is 9.59 Å². The lowest BCUT2D eigenvalue weighted by Crippen LogP contribution is -2.48. The fourth-order valence-electron chi connectivity index (χ4n) is 6.09. The van der Waals surface area contributed by atoms with Gasteiger partial charge in [-0.25, -0.2) is 12.4 Å². The number of carbonyl (C=O) groups excluding carboxylic acids is 2. The fraction of sp³-hybridized carbons (Fsp3) is 0.414. The maximum atomic E-state index is 14.3. The second kappa shape index (κ2) is 9.81. The number of rotatable bonds is 5. The van der Waals surface area contributed by atoms with Gasteiger partial charge in [-0.1, -0.05) is 5.16 Å². The van der Waals surface area contributed by atoms with Crippen molar-refractivity contribution in [2.24, 2.45) is 5.73 Å². The normalized spacial score (nSPS) is 19.8. The van der Waals surface area contributed by atoms with Gasteiger partial charge in [-0.05, 0) is 70.4 Å². The maximum Gasteiger partial charge on any atom is 0.416 e. The molecule has 0 bridgehead atoms. The number of halogens is 3. The molecule has 10 nitrogen and oxygen atoms in total. The van der Waals surface area contributed by atoms with Gasteiger partial charge in [0.2, 0.25) is 10.0 Å². The van der Waals surface area contributed by atoms with Crippen molar-refractivity contribution in [1.82, 2.24) is 14.0 Å². The average Bonchev–Trinajstić information content (AvgIpc) is 3.65. The third-order valence-electron chi connectivity index (χ3n) is 7.97. The van der Waals surface area contributed by atoms with Crippen LogP contribution in [0.1, 0.15) is 64.4 Å². The number of alkyl halides is 3. The first-order valence-electron chi connectivity index (χ1n) is 13.7. The summed E-state index contributed by atoms with van der Waals surface area (Å²) < 4.78 is 82.6. The predicted molar refractivity (Wildman–Crippen MR) is 151 cm³/mol. The SMILES string of the molecule is Cc1noc(C)c1-c1cc(C(N)=O)c2c(c1)c1c(C(=O)N3CC(C)OC(C)C3)cc(C(F)(F)F)cc1n2S(=O)(=O)C1CC1. The van der Waals surface area contributed by atoms with E-state index in [9.17, 15) is 31.2 Å². The van der Waals surface area contributed by atoms with Crippen molar-refractivity contribution < 1.29 is 40.4 Å². The highest BCUT2D eigenvalue weighted by Crippen LogP contribution is 2.44. The lowest BCUT2D eigenvalue weighted by molar-refractivity contribution is -0.137.